The molecule has 6 nitrogen and oxygen atoms in total. The fourth-order valence-electron chi connectivity index (χ4n) is 0.733. The van der Waals surface area contributed by atoms with Crippen molar-refractivity contribution in [3.05, 3.63) is 17.5 Å². The smallest absolute Gasteiger partial charge is 0.332 e. The van der Waals surface area contributed by atoms with Gasteiger partial charge in [0.05, 0.1) is 5.71 Å². The predicted molar refractivity (Wildman–Crippen MR) is 46.2 cm³/mol. The standard InChI is InChI=1S/C7H10N4O2/c1-4-3-6(11-13-4)5(2)9-10-7(8)12/h3H,1-2H3,(H3,8,10,12)/b9-5-. The molecule has 3 N–H and O–H groups in total. The summed E-state index contributed by atoms with van der Waals surface area (Å²) in [6.07, 6.45) is 0. The Hall–Kier alpha value is -1.85. The minimum atomic E-state index is -0.709. The van der Waals surface area contributed by atoms with Crippen LogP contribution in [0.3, 0.4) is 0 Å². The molecule has 70 valence electrons. The van der Waals surface area contributed by atoms with Crippen molar-refractivity contribution in [3.63, 3.8) is 0 Å². The zero-order valence-corrected chi connectivity index (χ0v) is 7.37. The summed E-state index contributed by atoms with van der Waals surface area (Å²) in [5.74, 6) is 0.684. The second-order valence-corrected chi connectivity index (χ2v) is 2.50. The molecular formula is C7H10N4O2. The summed E-state index contributed by atoms with van der Waals surface area (Å²) in [4.78, 5) is 10.3. The Balaban J connectivity index is 2.72. The molecule has 1 aromatic heterocycles. The third-order valence-electron chi connectivity index (χ3n) is 1.33. The molecule has 0 aliphatic heterocycles. The van der Waals surface area contributed by atoms with E-state index in [1.165, 1.54) is 0 Å². The van der Waals surface area contributed by atoms with Crippen LogP contribution in [0, 0.1) is 6.92 Å². The van der Waals surface area contributed by atoms with Crippen LogP contribution in [0.4, 0.5) is 4.79 Å². The van der Waals surface area contributed by atoms with Crippen LogP contribution in [0.5, 0.6) is 0 Å². The molecule has 13 heavy (non-hydrogen) atoms. The number of aromatic nitrogens is 1. The van der Waals surface area contributed by atoms with Gasteiger partial charge in [-0.3, -0.25) is 0 Å². The number of hydrogen-bond acceptors (Lipinski definition) is 4. The van der Waals surface area contributed by atoms with Gasteiger partial charge in [-0.15, -0.1) is 0 Å². The highest BCUT2D eigenvalue weighted by Gasteiger charge is 2.03. The van der Waals surface area contributed by atoms with Crippen LogP contribution in [0.2, 0.25) is 0 Å². The Labute approximate surface area is 74.8 Å². The van der Waals surface area contributed by atoms with Crippen LogP contribution in [-0.4, -0.2) is 16.9 Å². The Bertz CT molecular complexity index is 342. The second-order valence-electron chi connectivity index (χ2n) is 2.50. The van der Waals surface area contributed by atoms with Crippen LogP contribution in [-0.2, 0) is 0 Å². The predicted octanol–water partition coefficient (Wildman–Crippen LogP) is 0.375. The summed E-state index contributed by atoms with van der Waals surface area (Å²) in [7, 11) is 0. The highest BCUT2D eigenvalue weighted by atomic mass is 16.5. The number of hydrogen-bond donors (Lipinski definition) is 2. The lowest BCUT2D eigenvalue weighted by Crippen LogP contribution is -2.25. The summed E-state index contributed by atoms with van der Waals surface area (Å²) in [6.45, 7) is 3.46. The lowest BCUT2D eigenvalue weighted by Gasteiger charge is -1.93. The van der Waals surface area contributed by atoms with Gasteiger partial charge in [0.15, 0.2) is 0 Å². The van der Waals surface area contributed by atoms with Crippen molar-refractivity contribution >= 4 is 11.7 Å². The summed E-state index contributed by atoms with van der Waals surface area (Å²) in [5.41, 5.74) is 8.03. The van der Waals surface area contributed by atoms with Crippen LogP contribution < -0.4 is 11.2 Å². The Morgan fingerprint density at radius 3 is 2.92 bits per heavy atom. The summed E-state index contributed by atoms with van der Waals surface area (Å²) >= 11 is 0. The van der Waals surface area contributed by atoms with Crippen molar-refractivity contribution in [1.82, 2.24) is 10.6 Å². The quantitative estimate of drug-likeness (QED) is 0.511. The third-order valence-corrected chi connectivity index (χ3v) is 1.33. The molecule has 0 aliphatic rings. The molecule has 6 heteroatoms. The number of nitrogens with zero attached hydrogens (tertiary/aromatic N) is 2. The van der Waals surface area contributed by atoms with E-state index in [1.54, 1.807) is 19.9 Å². The van der Waals surface area contributed by atoms with Crippen molar-refractivity contribution in [3.8, 4) is 0 Å². The SMILES string of the molecule is C/C(=N/NC(N)=O)c1cc(C)on1. The van der Waals surface area contributed by atoms with E-state index in [1.807, 2.05) is 0 Å². The minimum absolute atomic E-state index is 0.538. The van der Waals surface area contributed by atoms with Gasteiger partial charge in [0.2, 0.25) is 0 Å². The average Bonchev–Trinajstić information content (AvgIpc) is 2.47. The van der Waals surface area contributed by atoms with Gasteiger partial charge in [-0.1, -0.05) is 5.16 Å². The molecule has 0 radical (unpaired) electrons. The number of carbonyl (C=O) groups excluding carboxylic acids is 1. The van der Waals surface area contributed by atoms with Gasteiger partial charge in [-0.2, -0.15) is 5.10 Å². The summed E-state index contributed by atoms with van der Waals surface area (Å²) < 4.78 is 4.82. The normalized spacial score (nSPS) is 11.4. The molecule has 0 saturated heterocycles. The monoisotopic (exact) mass is 182 g/mol. The van der Waals surface area contributed by atoms with Crippen LogP contribution in [0.1, 0.15) is 18.4 Å². The van der Waals surface area contributed by atoms with E-state index in [0.717, 1.165) is 0 Å². The highest BCUT2D eigenvalue weighted by molar-refractivity contribution is 5.97. The molecule has 0 spiro atoms. The number of aryl methyl sites for hydroxylation is 1. The fraction of sp³-hybridized carbons (Fsp3) is 0.286. The molecule has 0 saturated carbocycles. The van der Waals surface area contributed by atoms with Gasteiger partial charge >= 0.3 is 6.03 Å². The van der Waals surface area contributed by atoms with Crippen LogP contribution >= 0.6 is 0 Å². The van der Waals surface area contributed by atoms with Gasteiger partial charge < -0.3 is 10.3 Å². The van der Waals surface area contributed by atoms with Crippen molar-refractivity contribution in [2.45, 2.75) is 13.8 Å². The average molecular weight is 182 g/mol. The van der Waals surface area contributed by atoms with E-state index < -0.39 is 6.03 Å². The number of nitrogens with one attached hydrogen (secondary N) is 1. The second kappa shape index (κ2) is 3.70. The van der Waals surface area contributed by atoms with Gasteiger partial charge in [0.1, 0.15) is 11.5 Å². The molecule has 0 atom stereocenters. The maximum Gasteiger partial charge on any atom is 0.332 e. The van der Waals surface area contributed by atoms with E-state index in [9.17, 15) is 4.79 Å². The first-order chi connectivity index (χ1) is 6.09. The number of hydrazone groups is 1. The Morgan fingerprint density at radius 1 is 1.77 bits per heavy atom. The summed E-state index contributed by atoms with van der Waals surface area (Å²) in [6, 6.07) is 1.00. The van der Waals surface area contributed by atoms with Gasteiger partial charge in [0, 0.05) is 6.07 Å². The van der Waals surface area contributed by atoms with Crippen molar-refractivity contribution < 1.29 is 9.32 Å². The highest BCUT2D eigenvalue weighted by Crippen LogP contribution is 2.02. The molecule has 2 amide bonds. The first kappa shape index (κ1) is 9.24. The first-order valence-corrected chi connectivity index (χ1v) is 3.63. The fourth-order valence-corrected chi connectivity index (χ4v) is 0.733. The lowest BCUT2D eigenvalue weighted by molar-refractivity contribution is 0.249. The molecule has 0 aromatic carbocycles. The number of carbonyl (C=O) groups is 1. The van der Waals surface area contributed by atoms with E-state index in [2.05, 4.69) is 15.7 Å². The van der Waals surface area contributed by atoms with Crippen LogP contribution in [0.25, 0.3) is 0 Å². The zero-order valence-electron chi connectivity index (χ0n) is 7.37. The Kier molecular flexibility index (Phi) is 2.63. The molecule has 1 heterocycles. The number of primary amides is 1. The van der Waals surface area contributed by atoms with Crippen molar-refractivity contribution in [1.29, 1.82) is 0 Å². The third kappa shape index (κ3) is 2.58. The van der Waals surface area contributed by atoms with Gasteiger partial charge in [-0.05, 0) is 13.8 Å². The molecule has 1 rings (SSSR count). The molecule has 0 bridgehead atoms. The molecule has 0 fully saturated rings. The maximum atomic E-state index is 10.3. The van der Waals surface area contributed by atoms with Crippen molar-refractivity contribution in [2.24, 2.45) is 10.8 Å². The van der Waals surface area contributed by atoms with E-state index >= 15 is 0 Å². The molecule has 0 unspecified atom stereocenters. The topological polar surface area (TPSA) is 93.5 Å². The van der Waals surface area contributed by atoms with E-state index in [-0.39, 0.29) is 0 Å². The maximum absolute atomic E-state index is 10.3. The number of nitrogens with two attached hydrogens (primary N) is 1. The number of amides is 2. The largest absolute Gasteiger partial charge is 0.361 e. The number of rotatable bonds is 2. The van der Waals surface area contributed by atoms with Gasteiger partial charge in [0.25, 0.3) is 0 Å². The lowest BCUT2D eigenvalue weighted by atomic mass is 10.3. The first-order valence-electron chi connectivity index (χ1n) is 3.63. The molecule has 0 aliphatic carbocycles. The van der Waals surface area contributed by atoms with Crippen molar-refractivity contribution in [2.75, 3.05) is 0 Å². The van der Waals surface area contributed by atoms with E-state index in [0.29, 0.717) is 17.2 Å². The van der Waals surface area contributed by atoms with Crippen LogP contribution in [0.15, 0.2) is 15.7 Å². The Morgan fingerprint density at radius 2 is 2.46 bits per heavy atom. The number of urea groups is 1. The summed E-state index contributed by atoms with van der Waals surface area (Å²) in [5, 5.41) is 7.37. The zero-order chi connectivity index (χ0) is 9.84. The molecule has 1 aromatic rings. The minimum Gasteiger partial charge on any atom is -0.361 e. The molecular weight excluding hydrogens is 172 g/mol. The van der Waals surface area contributed by atoms with Gasteiger partial charge in [-0.25, -0.2) is 10.2 Å². The van der Waals surface area contributed by atoms with E-state index in [4.69, 9.17) is 10.3 Å².